The third-order valence-electron chi connectivity index (χ3n) is 2.88. The average Bonchev–Trinajstić information content (AvgIpc) is 2.49. The van der Waals surface area contributed by atoms with Crippen LogP contribution in [0.5, 0.6) is 0 Å². The van der Waals surface area contributed by atoms with Crippen molar-refractivity contribution in [2.75, 3.05) is 6.54 Å². The summed E-state index contributed by atoms with van der Waals surface area (Å²) in [5, 5.41) is 20.1. The number of nitrogens with one attached hydrogen (secondary N) is 1. The van der Waals surface area contributed by atoms with Gasteiger partial charge in [-0.1, -0.05) is 13.0 Å². The van der Waals surface area contributed by atoms with E-state index in [4.69, 9.17) is 10.4 Å². The molecular formula is C14H18N4O3. The van der Waals surface area contributed by atoms with Crippen LogP contribution in [0.3, 0.4) is 0 Å². The predicted molar refractivity (Wildman–Crippen MR) is 75.1 cm³/mol. The molecule has 2 N–H and O–H groups in total. The first-order valence-electron chi connectivity index (χ1n) is 6.62. The number of aliphatic carboxylic acids is 1. The van der Waals surface area contributed by atoms with E-state index < -0.39 is 18.0 Å². The van der Waals surface area contributed by atoms with Crippen LogP contribution in [0.15, 0.2) is 24.5 Å². The van der Waals surface area contributed by atoms with Crippen molar-refractivity contribution in [3.8, 4) is 6.07 Å². The van der Waals surface area contributed by atoms with Crippen molar-refractivity contribution in [2.24, 2.45) is 0 Å². The van der Waals surface area contributed by atoms with E-state index in [0.29, 0.717) is 6.42 Å². The van der Waals surface area contributed by atoms with E-state index in [9.17, 15) is 9.59 Å². The van der Waals surface area contributed by atoms with Crippen LogP contribution in [0.2, 0.25) is 0 Å². The summed E-state index contributed by atoms with van der Waals surface area (Å²) in [4.78, 5) is 28.5. The number of nitrogens with zero attached hydrogens (tertiary/aromatic N) is 3. The molecule has 1 aromatic rings. The smallest absolute Gasteiger partial charge is 0.326 e. The third kappa shape index (κ3) is 5.48. The van der Waals surface area contributed by atoms with Crippen LogP contribution in [-0.2, 0) is 11.3 Å². The monoisotopic (exact) mass is 290 g/mol. The number of amides is 2. The molecule has 0 fully saturated rings. The summed E-state index contributed by atoms with van der Waals surface area (Å²) in [6.07, 6.45) is 3.72. The maximum absolute atomic E-state index is 12.1. The Morgan fingerprint density at radius 1 is 1.57 bits per heavy atom. The molecular weight excluding hydrogens is 272 g/mol. The zero-order valence-electron chi connectivity index (χ0n) is 11.8. The van der Waals surface area contributed by atoms with Gasteiger partial charge in [-0.3, -0.25) is 4.98 Å². The van der Waals surface area contributed by atoms with Crippen molar-refractivity contribution >= 4 is 12.0 Å². The maximum Gasteiger partial charge on any atom is 0.326 e. The third-order valence-corrected chi connectivity index (χ3v) is 2.88. The molecule has 1 atom stereocenters. The maximum atomic E-state index is 12.1. The minimum Gasteiger partial charge on any atom is -0.480 e. The van der Waals surface area contributed by atoms with Gasteiger partial charge in [0.25, 0.3) is 0 Å². The van der Waals surface area contributed by atoms with Gasteiger partial charge in [-0.25, -0.2) is 9.59 Å². The fourth-order valence-electron chi connectivity index (χ4n) is 1.73. The number of carbonyl (C=O) groups is 2. The molecule has 1 aromatic heterocycles. The molecule has 0 aromatic carbocycles. The largest absolute Gasteiger partial charge is 0.480 e. The first-order valence-corrected chi connectivity index (χ1v) is 6.62. The molecule has 0 aliphatic heterocycles. The highest BCUT2D eigenvalue weighted by molar-refractivity contribution is 5.82. The van der Waals surface area contributed by atoms with E-state index in [1.807, 2.05) is 12.1 Å². The van der Waals surface area contributed by atoms with Gasteiger partial charge in [-0.15, -0.1) is 0 Å². The standard InChI is InChI=1S/C14H18N4O3/c1-2-12(13(19)20)17-14(21)18(8-4-6-15)10-11-5-3-7-16-9-11/h3,5,7,9,12H,2,4,8,10H2,1H3,(H,17,21)(H,19,20)/t12-/m1/s1. The fourth-order valence-corrected chi connectivity index (χ4v) is 1.73. The van der Waals surface area contributed by atoms with Gasteiger partial charge in [0, 0.05) is 25.5 Å². The second-order valence-corrected chi connectivity index (χ2v) is 4.44. The summed E-state index contributed by atoms with van der Waals surface area (Å²) < 4.78 is 0. The van der Waals surface area contributed by atoms with Crippen molar-refractivity contribution < 1.29 is 14.7 Å². The van der Waals surface area contributed by atoms with Crippen LogP contribution < -0.4 is 5.32 Å². The van der Waals surface area contributed by atoms with Crippen molar-refractivity contribution in [3.63, 3.8) is 0 Å². The molecule has 0 bridgehead atoms. The highest BCUT2D eigenvalue weighted by Crippen LogP contribution is 2.05. The summed E-state index contributed by atoms with van der Waals surface area (Å²) in [7, 11) is 0. The Kier molecular flexibility index (Phi) is 6.68. The quantitative estimate of drug-likeness (QED) is 0.788. The summed E-state index contributed by atoms with van der Waals surface area (Å²) in [6, 6.07) is 4.11. The molecule has 1 rings (SSSR count). The second-order valence-electron chi connectivity index (χ2n) is 4.44. The number of hydrogen-bond donors (Lipinski definition) is 2. The van der Waals surface area contributed by atoms with Crippen LogP contribution >= 0.6 is 0 Å². The van der Waals surface area contributed by atoms with E-state index in [2.05, 4.69) is 10.3 Å². The number of pyridine rings is 1. The van der Waals surface area contributed by atoms with Gasteiger partial charge in [-0.2, -0.15) is 5.26 Å². The molecule has 2 amide bonds. The summed E-state index contributed by atoms with van der Waals surface area (Å²) >= 11 is 0. The van der Waals surface area contributed by atoms with E-state index in [1.165, 1.54) is 4.90 Å². The minimum atomic E-state index is -1.08. The lowest BCUT2D eigenvalue weighted by Gasteiger charge is -2.24. The molecule has 0 unspecified atom stereocenters. The van der Waals surface area contributed by atoms with Crippen LogP contribution in [-0.4, -0.2) is 39.6 Å². The Labute approximate surface area is 123 Å². The summed E-state index contributed by atoms with van der Waals surface area (Å²) in [5.41, 5.74) is 0.814. The Morgan fingerprint density at radius 3 is 2.86 bits per heavy atom. The van der Waals surface area contributed by atoms with Gasteiger partial charge < -0.3 is 15.3 Å². The summed E-state index contributed by atoms with van der Waals surface area (Å²) in [6.45, 7) is 2.19. The number of nitriles is 1. The SMILES string of the molecule is CC[C@@H](NC(=O)N(CCC#N)Cc1cccnc1)C(=O)O. The van der Waals surface area contributed by atoms with Crippen LogP contribution in [0.1, 0.15) is 25.3 Å². The molecule has 1 heterocycles. The number of carboxylic acid groups (broad SMARTS) is 1. The molecule has 7 nitrogen and oxygen atoms in total. The van der Waals surface area contributed by atoms with Gasteiger partial charge in [-0.05, 0) is 18.1 Å². The lowest BCUT2D eigenvalue weighted by molar-refractivity contribution is -0.139. The second kappa shape index (κ2) is 8.53. The van der Waals surface area contributed by atoms with E-state index >= 15 is 0 Å². The molecule has 0 aliphatic carbocycles. The first-order chi connectivity index (χ1) is 10.1. The Morgan fingerprint density at radius 2 is 2.33 bits per heavy atom. The number of carboxylic acids is 1. The van der Waals surface area contributed by atoms with Crippen molar-refractivity contribution in [1.82, 2.24) is 15.2 Å². The van der Waals surface area contributed by atoms with Crippen molar-refractivity contribution in [2.45, 2.75) is 32.4 Å². The average molecular weight is 290 g/mol. The van der Waals surface area contributed by atoms with Crippen molar-refractivity contribution in [3.05, 3.63) is 30.1 Å². The highest BCUT2D eigenvalue weighted by Gasteiger charge is 2.21. The van der Waals surface area contributed by atoms with Gasteiger partial charge >= 0.3 is 12.0 Å². The summed E-state index contributed by atoms with van der Waals surface area (Å²) in [5.74, 6) is -1.08. The van der Waals surface area contributed by atoms with Crippen LogP contribution in [0, 0.1) is 11.3 Å². The zero-order chi connectivity index (χ0) is 15.7. The predicted octanol–water partition coefficient (Wildman–Crippen LogP) is 1.37. The van der Waals surface area contributed by atoms with Gasteiger partial charge in [0.05, 0.1) is 12.5 Å². The van der Waals surface area contributed by atoms with Gasteiger partial charge in [0.15, 0.2) is 0 Å². The normalized spacial score (nSPS) is 11.2. The molecule has 0 saturated carbocycles. The molecule has 7 heteroatoms. The van der Waals surface area contributed by atoms with Crippen LogP contribution in [0.4, 0.5) is 4.79 Å². The number of urea groups is 1. The Bertz CT molecular complexity index is 513. The fraction of sp³-hybridized carbons (Fsp3) is 0.429. The Balaban J connectivity index is 2.74. The molecule has 112 valence electrons. The lowest BCUT2D eigenvalue weighted by atomic mass is 10.2. The van der Waals surface area contributed by atoms with Gasteiger partial charge in [0.2, 0.25) is 0 Å². The number of hydrogen-bond acceptors (Lipinski definition) is 4. The van der Waals surface area contributed by atoms with Gasteiger partial charge in [0.1, 0.15) is 6.04 Å². The molecule has 0 saturated heterocycles. The molecule has 0 radical (unpaired) electrons. The topological polar surface area (TPSA) is 106 Å². The minimum absolute atomic E-state index is 0.178. The number of aromatic nitrogens is 1. The van der Waals surface area contributed by atoms with Crippen molar-refractivity contribution in [1.29, 1.82) is 5.26 Å². The highest BCUT2D eigenvalue weighted by atomic mass is 16.4. The van der Waals surface area contributed by atoms with Crippen LogP contribution in [0.25, 0.3) is 0 Å². The van der Waals surface area contributed by atoms with E-state index in [0.717, 1.165) is 5.56 Å². The lowest BCUT2D eigenvalue weighted by Crippen LogP contribution is -2.47. The molecule has 21 heavy (non-hydrogen) atoms. The van der Waals surface area contributed by atoms with E-state index in [-0.39, 0.29) is 19.5 Å². The zero-order valence-corrected chi connectivity index (χ0v) is 11.8. The van der Waals surface area contributed by atoms with E-state index in [1.54, 1.807) is 25.4 Å². The Hall–Kier alpha value is -2.62. The number of carbonyl (C=O) groups excluding carboxylic acids is 1. The molecule has 0 aliphatic rings. The number of rotatable bonds is 7. The first kappa shape index (κ1) is 16.4. The molecule has 0 spiro atoms.